The lowest BCUT2D eigenvalue weighted by molar-refractivity contribution is -0.0768. The van der Waals surface area contributed by atoms with Crippen LogP contribution in [0, 0.1) is 11.6 Å². The fourth-order valence-electron chi connectivity index (χ4n) is 3.25. The summed E-state index contributed by atoms with van der Waals surface area (Å²) >= 11 is 0. The van der Waals surface area contributed by atoms with Crippen molar-refractivity contribution in [2.45, 2.75) is 12.2 Å². The number of amides is 1. The Kier molecular flexibility index (Phi) is 4.82. The van der Waals surface area contributed by atoms with E-state index in [0.29, 0.717) is 5.39 Å². The van der Waals surface area contributed by atoms with E-state index in [2.05, 4.69) is 10.2 Å². The molecule has 0 aliphatic carbocycles. The first-order valence-electron chi connectivity index (χ1n) is 8.67. The number of carboxylic acid groups (broad SMARTS) is 1. The van der Waals surface area contributed by atoms with Crippen LogP contribution in [0.5, 0.6) is 5.88 Å². The molecule has 0 bridgehead atoms. The maximum Gasteiger partial charge on any atom is 0.407 e. The second-order valence-electron chi connectivity index (χ2n) is 6.42. The number of hydrogen-bond acceptors (Lipinski definition) is 4. The molecular weight excluding hydrogens is 372 g/mol. The van der Waals surface area contributed by atoms with Crippen molar-refractivity contribution >= 4 is 17.0 Å². The highest BCUT2D eigenvalue weighted by atomic mass is 19.1. The molecule has 2 N–H and O–H groups in total. The van der Waals surface area contributed by atoms with Gasteiger partial charge in [-0.3, -0.25) is 5.10 Å². The number of fused-ring (bicyclic) bond motifs is 1. The molecule has 1 fully saturated rings. The number of H-pyrrole nitrogens is 1. The van der Waals surface area contributed by atoms with Gasteiger partial charge in [-0.2, -0.15) is 0 Å². The predicted octanol–water partition coefficient (Wildman–Crippen LogP) is 3.34. The highest BCUT2D eigenvalue weighted by Gasteiger charge is 2.35. The Labute approximate surface area is 158 Å². The minimum atomic E-state index is -1.10. The molecule has 1 aliphatic heterocycles. The molecule has 1 aliphatic rings. The van der Waals surface area contributed by atoms with E-state index in [-0.39, 0.29) is 31.1 Å². The first-order chi connectivity index (χ1) is 13.5. The molecule has 146 valence electrons. The number of nitrogens with zero attached hydrogens (tertiary/aromatic N) is 2. The van der Waals surface area contributed by atoms with Crippen LogP contribution in [0.1, 0.15) is 11.7 Å². The molecule has 2 atom stereocenters. The van der Waals surface area contributed by atoms with Gasteiger partial charge < -0.3 is 19.5 Å². The van der Waals surface area contributed by atoms with Crippen molar-refractivity contribution in [2.24, 2.45) is 0 Å². The number of nitrogens with one attached hydrogen (secondary N) is 1. The third-order valence-corrected chi connectivity index (χ3v) is 4.64. The summed E-state index contributed by atoms with van der Waals surface area (Å²) in [6, 6.07) is 10.4. The monoisotopic (exact) mass is 389 g/mol. The van der Waals surface area contributed by atoms with E-state index < -0.39 is 29.9 Å². The molecule has 2 unspecified atom stereocenters. The normalized spacial score (nSPS) is 18.2. The van der Waals surface area contributed by atoms with Gasteiger partial charge in [-0.15, -0.1) is 5.10 Å². The minimum absolute atomic E-state index is 0.0147. The van der Waals surface area contributed by atoms with Gasteiger partial charge in [-0.1, -0.05) is 12.1 Å². The van der Waals surface area contributed by atoms with Crippen molar-refractivity contribution < 1.29 is 28.2 Å². The molecule has 28 heavy (non-hydrogen) atoms. The van der Waals surface area contributed by atoms with Gasteiger partial charge >= 0.3 is 6.09 Å². The third kappa shape index (κ3) is 3.48. The molecule has 2 aromatic carbocycles. The van der Waals surface area contributed by atoms with E-state index >= 15 is 0 Å². The summed E-state index contributed by atoms with van der Waals surface area (Å²) in [5.41, 5.74) is 0.790. The lowest BCUT2D eigenvalue weighted by Crippen LogP contribution is -2.48. The second kappa shape index (κ2) is 7.43. The van der Waals surface area contributed by atoms with Crippen molar-refractivity contribution in [1.29, 1.82) is 0 Å². The molecule has 4 rings (SSSR count). The fraction of sp³-hybridized carbons (Fsp3) is 0.263. The van der Waals surface area contributed by atoms with Crippen LogP contribution in [0.3, 0.4) is 0 Å². The molecule has 1 amide bonds. The zero-order chi connectivity index (χ0) is 19.7. The van der Waals surface area contributed by atoms with E-state index in [0.717, 1.165) is 17.6 Å². The summed E-state index contributed by atoms with van der Waals surface area (Å²) in [7, 11) is 0. The predicted molar refractivity (Wildman–Crippen MR) is 95.2 cm³/mol. The van der Waals surface area contributed by atoms with Crippen LogP contribution in [0.2, 0.25) is 0 Å². The van der Waals surface area contributed by atoms with Crippen LogP contribution < -0.4 is 4.74 Å². The lowest BCUT2D eigenvalue weighted by Gasteiger charge is -2.35. The minimum Gasteiger partial charge on any atom is -0.465 e. The molecular formula is C19H17F2N3O4. The Bertz CT molecular complexity index is 1010. The summed E-state index contributed by atoms with van der Waals surface area (Å²) in [5, 5.41) is 16.9. The van der Waals surface area contributed by atoms with Gasteiger partial charge in [-0.05, 0) is 24.3 Å². The van der Waals surface area contributed by atoms with E-state index in [1.807, 2.05) is 18.2 Å². The van der Waals surface area contributed by atoms with E-state index in [9.17, 15) is 18.7 Å². The maximum atomic E-state index is 14.5. The summed E-state index contributed by atoms with van der Waals surface area (Å²) in [6.45, 7) is 0.329. The number of para-hydroxylation sites is 1. The van der Waals surface area contributed by atoms with Crippen LogP contribution in [-0.2, 0) is 4.74 Å². The van der Waals surface area contributed by atoms with E-state index in [1.165, 1.54) is 11.0 Å². The van der Waals surface area contributed by atoms with Crippen LogP contribution in [-0.4, -0.2) is 52.1 Å². The van der Waals surface area contributed by atoms with Crippen LogP contribution in [0.25, 0.3) is 10.9 Å². The third-order valence-electron chi connectivity index (χ3n) is 4.64. The number of rotatable bonds is 4. The number of morpholine rings is 1. The highest BCUT2D eigenvalue weighted by molar-refractivity contribution is 5.83. The Hall–Kier alpha value is -3.20. The number of benzene rings is 2. The molecule has 0 radical (unpaired) electrons. The second-order valence-corrected chi connectivity index (χ2v) is 6.42. The van der Waals surface area contributed by atoms with Crippen molar-refractivity contribution in [3.63, 3.8) is 0 Å². The molecule has 0 saturated carbocycles. The van der Waals surface area contributed by atoms with Crippen molar-refractivity contribution in [1.82, 2.24) is 15.1 Å². The van der Waals surface area contributed by atoms with Crippen LogP contribution >= 0.6 is 0 Å². The van der Waals surface area contributed by atoms with Gasteiger partial charge in [-0.25, -0.2) is 13.6 Å². The molecule has 3 aromatic rings. The maximum absolute atomic E-state index is 14.5. The number of aromatic nitrogens is 2. The number of ether oxygens (including phenoxy) is 2. The molecule has 2 heterocycles. The molecule has 1 aromatic heterocycles. The first kappa shape index (κ1) is 18.2. The largest absolute Gasteiger partial charge is 0.465 e. The van der Waals surface area contributed by atoms with Gasteiger partial charge in [0.25, 0.3) is 0 Å². The fourth-order valence-corrected chi connectivity index (χ4v) is 3.25. The van der Waals surface area contributed by atoms with E-state index in [1.54, 1.807) is 6.07 Å². The average Bonchev–Trinajstić information content (AvgIpc) is 3.10. The average molecular weight is 389 g/mol. The smallest absolute Gasteiger partial charge is 0.407 e. The number of hydrogen-bond donors (Lipinski definition) is 2. The topological polar surface area (TPSA) is 87.7 Å². The number of halogens is 2. The summed E-state index contributed by atoms with van der Waals surface area (Å²) < 4.78 is 39.6. The van der Waals surface area contributed by atoms with E-state index in [4.69, 9.17) is 9.47 Å². The summed E-state index contributed by atoms with van der Waals surface area (Å²) in [5.74, 6) is -1.30. The Morgan fingerprint density at radius 3 is 2.93 bits per heavy atom. The molecule has 0 spiro atoms. The quantitative estimate of drug-likeness (QED) is 0.715. The Morgan fingerprint density at radius 1 is 1.32 bits per heavy atom. The standard InChI is InChI=1S/C19H17F2N3O4/c20-11-5-6-12(14(21)9-11)17(16-10-24(19(25)26)7-8-27-16)28-18-13-3-1-2-4-15(13)22-23-18/h1-6,9,16-17H,7-8,10H2,(H,22,23)(H,25,26). The molecule has 7 nitrogen and oxygen atoms in total. The highest BCUT2D eigenvalue weighted by Crippen LogP contribution is 2.33. The van der Waals surface area contributed by atoms with Gasteiger partial charge in [0, 0.05) is 18.2 Å². The number of carbonyl (C=O) groups is 1. The Morgan fingerprint density at radius 2 is 2.14 bits per heavy atom. The number of aromatic amines is 1. The van der Waals surface area contributed by atoms with Gasteiger partial charge in [0.15, 0.2) is 6.10 Å². The van der Waals surface area contributed by atoms with Gasteiger partial charge in [0.1, 0.15) is 17.7 Å². The van der Waals surface area contributed by atoms with Crippen molar-refractivity contribution in [3.05, 3.63) is 59.7 Å². The first-order valence-corrected chi connectivity index (χ1v) is 8.67. The summed E-state index contributed by atoms with van der Waals surface area (Å²) in [6.07, 6.45) is -2.91. The van der Waals surface area contributed by atoms with Crippen LogP contribution in [0.15, 0.2) is 42.5 Å². The lowest BCUT2D eigenvalue weighted by atomic mass is 10.0. The molecule has 1 saturated heterocycles. The van der Waals surface area contributed by atoms with Gasteiger partial charge in [0.05, 0.1) is 24.1 Å². The SMILES string of the molecule is O=C(O)N1CCOC(C(Oc2n[nH]c3ccccc23)c2ccc(F)cc2F)C1. The van der Waals surface area contributed by atoms with Crippen molar-refractivity contribution in [3.8, 4) is 5.88 Å². The zero-order valence-corrected chi connectivity index (χ0v) is 14.6. The van der Waals surface area contributed by atoms with Gasteiger partial charge in [0.2, 0.25) is 5.88 Å². The van der Waals surface area contributed by atoms with Crippen molar-refractivity contribution in [2.75, 3.05) is 19.7 Å². The summed E-state index contributed by atoms with van der Waals surface area (Å²) in [4.78, 5) is 12.5. The van der Waals surface area contributed by atoms with Crippen LogP contribution in [0.4, 0.5) is 13.6 Å². The zero-order valence-electron chi connectivity index (χ0n) is 14.6. The Balaban J connectivity index is 1.71. The molecule has 9 heteroatoms.